The fraction of sp³-hybridized carbons (Fsp3) is 0.348. The molecule has 31 heavy (non-hydrogen) atoms. The molecule has 1 heterocycles. The summed E-state index contributed by atoms with van der Waals surface area (Å²) >= 11 is 0. The van der Waals surface area contributed by atoms with Crippen LogP contribution in [0.25, 0.3) is 0 Å². The molecule has 1 aliphatic rings. The second-order valence-corrected chi connectivity index (χ2v) is 8.05. The largest absolute Gasteiger partial charge is 0.336 e. The number of anilines is 2. The van der Waals surface area contributed by atoms with Gasteiger partial charge in [-0.15, -0.1) is 0 Å². The van der Waals surface area contributed by atoms with Crippen molar-refractivity contribution >= 4 is 29.1 Å². The van der Waals surface area contributed by atoms with E-state index in [9.17, 15) is 23.2 Å². The molecule has 1 atom stereocenters. The van der Waals surface area contributed by atoms with Crippen LogP contribution in [0.2, 0.25) is 0 Å². The van der Waals surface area contributed by atoms with Gasteiger partial charge in [0.25, 0.3) is 0 Å². The molecule has 3 amide bonds. The lowest BCUT2D eigenvalue weighted by Gasteiger charge is -2.22. The number of rotatable bonds is 5. The van der Waals surface area contributed by atoms with E-state index in [4.69, 9.17) is 0 Å². The molecule has 0 aromatic heterocycles. The van der Waals surface area contributed by atoms with Crippen molar-refractivity contribution in [1.82, 2.24) is 4.90 Å². The van der Waals surface area contributed by atoms with E-state index in [0.29, 0.717) is 5.69 Å². The maximum absolute atomic E-state index is 13.5. The Bertz CT molecular complexity index is 1010. The van der Waals surface area contributed by atoms with Crippen LogP contribution in [0.3, 0.4) is 0 Å². The second kappa shape index (κ2) is 8.83. The molecule has 1 N–H and O–H groups in total. The molecule has 1 saturated heterocycles. The summed E-state index contributed by atoms with van der Waals surface area (Å²) in [5, 5.41) is 2.84. The maximum atomic E-state index is 13.5. The topological polar surface area (TPSA) is 69.7 Å². The predicted octanol–water partition coefficient (Wildman–Crippen LogP) is 3.34. The lowest BCUT2D eigenvalue weighted by Crippen LogP contribution is -2.39. The molecule has 0 spiro atoms. The number of benzene rings is 2. The number of halogens is 2. The first-order valence-electron chi connectivity index (χ1n) is 9.94. The number of amides is 3. The minimum atomic E-state index is -0.798. The van der Waals surface area contributed by atoms with Gasteiger partial charge < -0.3 is 15.1 Å². The van der Waals surface area contributed by atoms with Crippen LogP contribution in [-0.2, 0) is 14.4 Å². The van der Waals surface area contributed by atoms with Crippen molar-refractivity contribution in [2.75, 3.05) is 30.4 Å². The summed E-state index contributed by atoms with van der Waals surface area (Å²) in [7, 11) is 1.49. The van der Waals surface area contributed by atoms with Crippen molar-refractivity contribution in [2.45, 2.75) is 27.2 Å². The molecule has 8 heteroatoms. The van der Waals surface area contributed by atoms with Crippen LogP contribution < -0.4 is 10.2 Å². The number of nitrogens with zero attached hydrogens (tertiary/aromatic N) is 2. The summed E-state index contributed by atoms with van der Waals surface area (Å²) in [5.41, 5.74) is 3.74. The van der Waals surface area contributed by atoms with Gasteiger partial charge in [-0.2, -0.15) is 0 Å². The van der Waals surface area contributed by atoms with Gasteiger partial charge in [0.2, 0.25) is 17.7 Å². The van der Waals surface area contributed by atoms with Crippen LogP contribution in [0.15, 0.2) is 30.3 Å². The fourth-order valence-electron chi connectivity index (χ4n) is 3.98. The molecule has 2 aromatic carbocycles. The zero-order valence-electron chi connectivity index (χ0n) is 18.0. The fourth-order valence-corrected chi connectivity index (χ4v) is 3.98. The lowest BCUT2D eigenvalue weighted by atomic mass is 10.0. The van der Waals surface area contributed by atoms with Crippen LogP contribution in [-0.4, -0.2) is 42.8 Å². The third-order valence-corrected chi connectivity index (χ3v) is 5.33. The molecule has 3 rings (SSSR count). The zero-order valence-corrected chi connectivity index (χ0v) is 18.0. The number of aryl methyl sites for hydroxylation is 3. The van der Waals surface area contributed by atoms with Gasteiger partial charge in [0.15, 0.2) is 0 Å². The first kappa shape index (κ1) is 22.4. The third kappa shape index (κ3) is 5.07. The van der Waals surface area contributed by atoms with E-state index in [1.165, 1.54) is 16.8 Å². The van der Waals surface area contributed by atoms with Crippen molar-refractivity contribution in [1.29, 1.82) is 0 Å². The summed E-state index contributed by atoms with van der Waals surface area (Å²) < 4.78 is 27.0. The van der Waals surface area contributed by atoms with Crippen molar-refractivity contribution in [3.63, 3.8) is 0 Å². The Morgan fingerprint density at radius 2 is 1.65 bits per heavy atom. The molecule has 1 unspecified atom stereocenters. The first-order chi connectivity index (χ1) is 14.5. The molecule has 0 radical (unpaired) electrons. The standard InChI is InChI=1S/C23H25F2N3O3/c1-13-5-14(2)22(15(3)6-13)26-20(29)12-27(4)23(31)16-7-21(30)28(11-16)19-9-17(24)8-18(25)10-19/h5-6,8-10,16H,7,11-12H2,1-4H3,(H,26,29). The first-order valence-corrected chi connectivity index (χ1v) is 9.94. The molecule has 0 aliphatic carbocycles. The summed E-state index contributed by atoms with van der Waals surface area (Å²) in [6, 6.07) is 6.75. The molecule has 1 aliphatic heterocycles. The van der Waals surface area contributed by atoms with Gasteiger partial charge in [0.1, 0.15) is 11.6 Å². The highest BCUT2D eigenvalue weighted by Gasteiger charge is 2.37. The Morgan fingerprint density at radius 1 is 1.06 bits per heavy atom. The Morgan fingerprint density at radius 3 is 2.23 bits per heavy atom. The van der Waals surface area contributed by atoms with Crippen LogP contribution >= 0.6 is 0 Å². The number of likely N-dealkylation sites (N-methyl/N-ethyl adjacent to an activating group) is 1. The van der Waals surface area contributed by atoms with Gasteiger partial charge in [-0.1, -0.05) is 17.7 Å². The number of hydrogen-bond acceptors (Lipinski definition) is 3. The Hall–Kier alpha value is -3.29. The molecule has 164 valence electrons. The number of carbonyl (C=O) groups is 3. The number of carbonyl (C=O) groups excluding carboxylic acids is 3. The van der Waals surface area contributed by atoms with E-state index in [1.807, 2.05) is 32.9 Å². The molecular formula is C23H25F2N3O3. The summed E-state index contributed by atoms with van der Waals surface area (Å²) in [6.07, 6.45) is -0.0842. The monoisotopic (exact) mass is 429 g/mol. The molecular weight excluding hydrogens is 404 g/mol. The summed E-state index contributed by atoms with van der Waals surface area (Å²) in [4.78, 5) is 40.1. The average molecular weight is 429 g/mol. The Balaban J connectivity index is 1.64. The van der Waals surface area contributed by atoms with Gasteiger partial charge in [-0.05, 0) is 44.0 Å². The SMILES string of the molecule is Cc1cc(C)c(NC(=O)CN(C)C(=O)C2CC(=O)N(c3cc(F)cc(F)c3)C2)c(C)c1. The van der Waals surface area contributed by atoms with Gasteiger partial charge in [0, 0.05) is 37.5 Å². The van der Waals surface area contributed by atoms with Crippen molar-refractivity contribution in [3.05, 3.63) is 58.7 Å². The van der Waals surface area contributed by atoms with E-state index >= 15 is 0 Å². The Kier molecular flexibility index (Phi) is 6.38. The van der Waals surface area contributed by atoms with Gasteiger partial charge >= 0.3 is 0 Å². The second-order valence-electron chi connectivity index (χ2n) is 8.05. The third-order valence-electron chi connectivity index (χ3n) is 5.33. The van der Waals surface area contributed by atoms with Crippen molar-refractivity contribution < 1.29 is 23.2 Å². The minimum absolute atomic E-state index is 0.00268. The molecule has 0 saturated carbocycles. The minimum Gasteiger partial charge on any atom is -0.336 e. The highest BCUT2D eigenvalue weighted by atomic mass is 19.1. The van der Waals surface area contributed by atoms with E-state index in [1.54, 1.807) is 0 Å². The van der Waals surface area contributed by atoms with Crippen LogP contribution in [0, 0.1) is 38.3 Å². The van der Waals surface area contributed by atoms with Crippen LogP contribution in [0.5, 0.6) is 0 Å². The highest BCUT2D eigenvalue weighted by molar-refractivity contribution is 6.01. The van der Waals surface area contributed by atoms with E-state index in [0.717, 1.165) is 34.9 Å². The normalized spacial score (nSPS) is 15.9. The van der Waals surface area contributed by atoms with Crippen molar-refractivity contribution in [2.24, 2.45) is 5.92 Å². The highest BCUT2D eigenvalue weighted by Crippen LogP contribution is 2.27. The average Bonchev–Trinajstić information content (AvgIpc) is 3.05. The Labute approximate surface area is 179 Å². The van der Waals surface area contributed by atoms with Crippen LogP contribution in [0.4, 0.5) is 20.2 Å². The molecule has 6 nitrogen and oxygen atoms in total. The number of nitrogens with one attached hydrogen (secondary N) is 1. The van der Waals surface area contributed by atoms with Crippen LogP contribution in [0.1, 0.15) is 23.1 Å². The van der Waals surface area contributed by atoms with E-state index < -0.39 is 23.5 Å². The quantitative estimate of drug-likeness (QED) is 0.793. The maximum Gasteiger partial charge on any atom is 0.243 e. The molecule has 2 aromatic rings. The predicted molar refractivity (Wildman–Crippen MR) is 114 cm³/mol. The zero-order chi connectivity index (χ0) is 22.9. The molecule has 1 fully saturated rings. The van der Waals surface area contributed by atoms with Crippen molar-refractivity contribution in [3.8, 4) is 0 Å². The van der Waals surface area contributed by atoms with Gasteiger partial charge in [-0.25, -0.2) is 8.78 Å². The summed E-state index contributed by atoms with van der Waals surface area (Å²) in [5.74, 6) is -3.41. The van der Waals surface area contributed by atoms with Gasteiger partial charge in [-0.3, -0.25) is 14.4 Å². The van der Waals surface area contributed by atoms with E-state index in [-0.39, 0.29) is 37.0 Å². The smallest absolute Gasteiger partial charge is 0.243 e. The number of hydrogen-bond donors (Lipinski definition) is 1. The summed E-state index contributed by atoms with van der Waals surface area (Å²) in [6.45, 7) is 5.60. The van der Waals surface area contributed by atoms with E-state index in [2.05, 4.69) is 5.32 Å². The van der Waals surface area contributed by atoms with Gasteiger partial charge in [0.05, 0.1) is 12.5 Å². The lowest BCUT2D eigenvalue weighted by molar-refractivity contribution is -0.137. The molecule has 0 bridgehead atoms.